The maximum atomic E-state index is 13.4. The Kier molecular flexibility index (Phi) is 3.45. The maximum Gasteiger partial charge on any atom is 0.170 e. The monoisotopic (exact) mass is 264 g/mol. The van der Waals surface area contributed by atoms with Crippen molar-refractivity contribution in [3.8, 4) is 0 Å². The molecule has 18 heavy (non-hydrogen) atoms. The van der Waals surface area contributed by atoms with Gasteiger partial charge in [-0.15, -0.1) is 0 Å². The predicted octanol–water partition coefficient (Wildman–Crippen LogP) is 2.91. The van der Waals surface area contributed by atoms with Gasteiger partial charge in [0.1, 0.15) is 5.82 Å². The van der Waals surface area contributed by atoms with E-state index in [1.165, 1.54) is 12.1 Å². The highest BCUT2D eigenvalue weighted by atomic mass is 35.5. The molecule has 0 saturated heterocycles. The maximum absolute atomic E-state index is 13.4. The number of aldehydes is 1. The van der Waals surface area contributed by atoms with Crippen LogP contribution in [-0.2, 0) is 10.4 Å². The Hall–Kier alpha value is -1.71. The zero-order chi connectivity index (χ0) is 13.2. The van der Waals surface area contributed by atoms with Gasteiger partial charge in [0.2, 0.25) is 0 Å². The molecule has 0 aliphatic rings. The van der Waals surface area contributed by atoms with Crippen LogP contribution in [0.15, 0.2) is 48.5 Å². The van der Waals surface area contributed by atoms with Gasteiger partial charge in [-0.05, 0) is 23.3 Å². The molecular formula is C14H10ClFO2. The lowest BCUT2D eigenvalue weighted by molar-refractivity contribution is -0.121. The summed E-state index contributed by atoms with van der Waals surface area (Å²) in [5.41, 5.74) is -1.35. The predicted molar refractivity (Wildman–Crippen MR) is 66.9 cm³/mol. The van der Waals surface area contributed by atoms with E-state index in [-0.39, 0.29) is 10.6 Å². The number of aliphatic hydroxyl groups is 1. The third-order valence-corrected chi connectivity index (χ3v) is 3.05. The third-order valence-electron chi connectivity index (χ3n) is 2.74. The van der Waals surface area contributed by atoms with Gasteiger partial charge in [0.25, 0.3) is 0 Å². The van der Waals surface area contributed by atoms with Crippen molar-refractivity contribution in [3.05, 3.63) is 70.5 Å². The summed E-state index contributed by atoms with van der Waals surface area (Å²) in [6.07, 6.45) is 0.380. The molecule has 0 saturated carbocycles. The average Bonchev–Trinajstić information content (AvgIpc) is 2.42. The number of carbonyl (C=O) groups excluding carboxylic acids is 1. The molecule has 92 valence electrons. The van der Waals surface area contributed by atoms with Crippen molar-refractivity contribution in [2.24, 2.45) is 0 Å². The van der Waals surface area contributed by atoms with Crippen LogP contribution in [0, 0.1) is 5.82 Å². The van der Waals surface area contributed by atoms with Gasteiger partial charge >= 0.3 is 0 Å². The van der Waals surface area contributed by atoms with Gasteiger partial charge in [-0.2, -0.15) is 0 Å². The van der Waals surface area contributed by atoms with Crippen molar-refractivity contribution in [1.29, 1.82) is 0 Å². The second-order valence-corrected chi connectivity index (χ2v) is 4.29. The molecule has 2 aromatic carbocycles. The van der Waals surface area contributed by atoms with Crippen LogP contribution in [0.25, 0.3) is 0 Å². The van der Waals surface area contributed by atoms with E-state index < -0.39 is 11.4 Å². The summed E-state index contributed by atoms with van der Waals surface area (Å²) in [5.74, 6) is -0.676. The Morgan fingerprint density at radius 2 is 1.78 bits per heavy atom. The first-order valence-corrected chi connectivity index (χ1v) is 5.65. The van der Waals surface area contributed by atoms with Crippen molar-refractivity contribution in [2.45, 2.75) is 5.60 Å². The zero-order valence-electron chi connectivity index (χ0n) is 9.31. The molecular weight excluding hydrogens is 255 g/mol. The van der Waals surface area contributed by atoms with Gasteiger partial charge in [-0.3, -0.25) is 4.79 Å². The Morgan fingerprint density at radius 3 is 2.33 bits per heavy atom. The second kappa shape index (κ2) is 4.88. The van der Waals surface area contributed by atoms with Crippen LogP contribution in [0.3, 0.4) is 0 Å². The Balaban J connectivity index is 2.57. The molecule has 0 spiro atoms. The van der Waals surface area contributed by atoms with Gasteiger partial charge in [-0.25, -0.2) is 4.39 Å². The SMILES string of the molecule is O=CC(O)(c1ccccc1)c1ccc(Cl)c(F)c1. The molecule has 1 unspecified atom stereocenters. The van der Waals surface area contributed by atoms with E-state index in [0.717, 1.165) is 6.07 Å². The van der Waals surface area contributed by atoms with Crippen LogP contribution in [0.5, 0.6) is 0 Å². The summed E-state index contributed by atoms with van der Waals surface area (Å²) in [6, 6.07) is 12.1. The van der Waals surface area contributed by atoms with Crippen LogP contribution >= 0.6 is 11.6 Å². The minimum absolute atomic E-state index is 0.0555. The van der Waals surface area contributed by atoms with E-state index in [4.69, 9.17) is 11.6 Å². The van der Waals surface area contributed by atoms with E-state index >= 15 is 0 Å². The zero-order valence-corrected chi connectivity index (χ0v) is 10.1. The molecule has 2 rings (SSSR count). The minimum atomic E-state index is -1.87. The molecule has 0 amide bonds. The Labute approximate surface area is 109 Å². The number of carbonyl (C=O) groups is 1. The highest BCUT2D eigenvalue weighted by molar-refractivity contribution is 6.30. The molecule has 2 nitrogen and oxygen atoms in total. The standard InChI is InChI=1S/C14H10ClFO2/c15-12-7-6-11(8-13(12)16)14(18,9-17)10-4-2-1-3-5-10/h1-9,18H. The van der Waals surface area contributed by atoms with E-state index in [1.807, 2.05) is 0 Å². The smallest absolute Gasteiger partial charge is 0.170 e. The summed E-state index contributed by atoms with van der Waals surface area (Å²) in [6.45, 7) is 0. The van der Waals surface area contributed by atoms with Crippen molar-refractivity contribution < 1.29 is 14.3 Å². The molecule has 1 N–H and O–H groups in total. The lowest BCUT2D eigenvalue weighted by Gasteiger charge is -2.23. The van der Waals surface area contributed by atoms with Gasteiger partial charge in [-0.1, -0.05) is 48.0 Å². The molecule has 0 aliphatic carbocycles. The van der Waals surface area contributed by atoms with Crippen molar-refractivity contribution in [2.75, 3.05) is 0 Å². The summed E-state index contributed by atoms with van der Waals surface area (Å²) >= 11 is 5.57. The van der Waals surface area contributed by atoms with Crippen LogP contribution in [0.2, 0.25) is 5.02 Å². The van der Waals surface area contributed by atoms with E-state index in [1.54, 1.807) is 30.3 Å². The average molecular weight is 265 g/mol. The minimum Gasteiger partial charge on any atom is -0.373 e. The Bertz CT molecular complexity index is 571. The quantitative estimate of drug-likeness (QED) is 0.866. The van der Waals surface area contributed by atoms with E-state index in [2.05, 4.69) is 0 Å². The summed E-state index contributed by atoms with van der Waals surface area (Å²) in [5, 5.41) is 10.3. The van der Waals surface area contributed by atoms with Gasteiger partial charge in [0.15, 0.2) is 11.9 Å². The first-order valence-electron chi connectivity index (χ1n) is 5.27. The molecule has 0 radical (unpaired) electrons. The summed E-state index contributed by atoms with van der Waals surface area (Å²) < 4.78 is 13.4. The van der Waals surface area contributed by atoms with Crippen LogP contribution < -0.4 is 0 Å². The fraction of sp³-hybridized carbons (Fsp3) is 0.0714. The summed E-state index contributed by atoms with van der Waals surface area (Å²) in [7, 11) is 0. The Morgan fingerprint density at radius 1 is 1.11 bits per heavy atom. The number of rotatable bonds is 3. The van der Waals surface area contributed by atoms with Crippen molar-refractivity contribution in [1.82, 2.24) is 0 Å². The topological polar surface area (TPSA) is 37.3 Å². The number of halogens is 2. The molecule has 1 atom stereocenters. The first kappa shape index (κ1) is 12.7. The van der Waals surface area contributed by atoms with Crippen molar-refractivity contribution >= 4 is 17.9 Å². The highest BCUT2D eigenvalue weighted by Gasteiger charge is 2.31. The third kappa shape index (κ3) is 2.15. The molecule has 0 bridgehead atoms. The first-order chi connectivity index (χ1) is 8.58. The number of benzene rings is 2. The molecule has 0 heterocycles. The van der Waals surface area contributed by atoms with E-state index in [0.29, 0.717) is 11.8 Å². The highest BCUT2D eigenvalue weighted by Crippen LogP contribution is 2.29. The molecule has 0 aliphatic heterocycles. The second-order valence-electron chi connectivity index (χ2n) is 3.88. The fourth-order valence-corrected chi connectivity index (χ4v) is 1.85. The fourth-order valence-electron chi connectivity index (χ4n) is 1.73. The van der Waals surface area contributed by atoms with Gasteiger partial charge < -0.3 is 5.11 Å². The normalized spacial score (nSPS) is 13.9. The van der Waals surface area contributed by atoms with Gasteiger partial charge in [0.05, 0.1) is 5.02 Å². The number of hydrogen-bond acceptors (Lipinski definition) is 2. The number of hydrogen-bond donors (Lipinski definition) is 1. The molecule has 0 fully saturated rings. The van der Waals surface area contributed by atoms with Crippen LogP contribution in [0.4, 0.5) is 4.39 Å². The van der Waals surface area contributed by atoms with E-state index in [9.17, 15) is 14.3 Å². The lowest BCUT2D eigenvalue weighted by Crippen LogP contribution is -2.29. The summed E-state index contributed by atoms with van der Waals surface area (Å²) in [4.78, 5) is 11.2. The van der Waals surface area contributed by atoms with Gasteiger partial charge in [0, 0.05) is 0 Å². The molecule has 0 aromatic heterocycles. The largest absolute Gasteiger partial charge is 0.373 e. The molecule has 2 aromatic rings. The van der Waals surface area contributed by atoms with Crippen molar-refractivity contribution in [3.63, 3.8) is 0 Å². The lowest BCUT2D eigenvalue weighted by atomic mass is 9.88. The molecule has 4 heteroatoms. The van der Waals surface area contributed by atoms with Crippen LogP contribution in [0.1, 0.15) is 11.1 Å². The van der Waals surface area contributed by atoms with Crippen LogP contribution in [-0.4, -0.2) is 11.4 Å².